The van der Waals surface area contributed by atoms with Gasteiger partial charge in [-0.25, -0.2) is 4.68 Å². The Morgan fingerprint density at radius 1 is 1.11 bits per heavy atom. The number of anilines is 2. The first-order valence-electron chi connectivity index (χ1n) is 9.18. The van der Waals surface area contributed by atoms with Gasteiger partial charge in [-0.05, 0) is 31.2 Å². The fourth-order valence-electron chi connectivity index (χ4n) is 3.06. The van der Waals surface area contributed by atoms with Crippen LogP contribution in [0.5, 0.6) is 0 Å². The summed E-state index contributed by atoms with van der Waals surface area (Å²) in [6.07, 6.45) is 1.55. The number of H-pyrrole nitrogens is 1. The van der Waals surface area contributed by atoms with Crippen LogP contribution in [0.3, 0.4) is 0 Å². The summed E-state index contributed by atoms with van der Waals surface area (Å²) in [5.74, 6) is 0.434. The SMILES string of the molecule is CC(CNc1nc2c(cnn2-c2ccccc2)c(=O)[nH]1)N(C)c1ccccc1. The second-order valence-corrected chi connectivity index (χ2v) is 6.72. The molecule has 0 spiro atoms. The Labute approximate surface area is 162 Å². The standard InChI is InChI=1S/C21H22N6O/c1-15(26(2)16-9-5-3-6-10-16)13-22-21-24-19-18(20(28)25-21)14-23-27(19)17-11-7-4-8-12-17/h3-12,14-15H,13H2,1-2H3,(H2,22,24,25,28). The van der Waals surface area contributed by atoms with Crippen LogP contribution in [0, 0.1) is 0 Å². The number of hydrogen-bond donors (Lipinski definition) is 2. The molecule has 0 saturated heterocycles. The Kier molecular flexibility index (Phi) is 4.80. The number of nitrogens with zero attached hydrogens (tertiary/aromatic N) is 4. The molecule has 2 N–H and O–H groups in total. The number of fused-ring (bicyclic) bond motifs is 1. The molecule has 0 aliphatic rings. The van der Waals surface area contributed by atoms with Gasteiger partial charge in [0.25, 0.3) is 5.56 Å². The summed E-state index contributed by atoms with van der Waals surface area (Å²) in [5, 5.41) is 8.04. The minimum absolute atomic E-state index is 0.197. The quantitative estimate of drug-likeness (QED) is 0.542. The lowest BCUT2D eigenvalue weighted by molar-refractivity contribution is 0.712. The van der Waals surface area contributed by atoms with Gasteiger partial charge >= 0.3 is 0 Å². The van der Waals surface area contributed by atoms with E-state index in [0.29, 0.717) is 23.5 Å². The van der Waals surface area contributed by atoms with Crippen LogP contribution < -0.4 is 15.8 Å². The Balaban J connectivity index is 1.57. The molecule has 0 aliphatic carbocycles. The summed E-state index contributed by atoms with van der Waals surface area (Å²) in [6.45, 7) is 2.74. The van der Waals surface area contributed by atoms with E-state index in [1.807, 2.05) is 55.6 Å². The molecule has 2 aromatic heterocycles. The number of nitrogens with one attached hydrogen (secondary N) is 2. The van der Waals surface area contributed by atoms with Crippen molar-refractivity contribution >= 4 is 22.7 Å². The third-order valence-electron chi connectivity index (χ3n) is 4.83. The molecule has 142 valence electrons. The Hall–Kier alpha value is -3.61. The molecule has 1 unspecified atom stereocenters. The Bertz CT molecular complexity index is 1120. The fourth-order valence-corrected chi connectivity index (χ4v) is 3.06. The van der Waals surface area contributed by atoms with Gasteiger partial charge in [0, 0.05) is 25.3 Å². The third-order valence-corrected chi connectivity index (χ3v) is 4.83. The van der Waals surface area contributed by atoms with Crippen molar-refractivity contribution in [3.63, 3.8) is 0 Å². The average Bonchev–Trinajstić information content (AvgIpc) is 3.17. The van der Waals surface area contributed by atoms with Crippen molar-refractivity contribution < 1.29 is 0 Å². The highest BCUT2D eigenvalue weighted by molar-refractivity contribution is 5.76. The number of benzene rings is 2. The van der Waals surface area contributed by atoms with Crippen LogP contribution in [0.2, 0.25) is 0 Å². The van der Waals surface area contributed by atoms with Gasteiger partial charge in [-0.1, -0.05) is 36.4 Å². The van der Waals surface area contributed by atoms with Crippen molar-refractivity contribution in [2.24, 2.45) is 0 Å². The number of hydrogen-bond acceptors (Lipinski definition) is 5. The summed E-state index contributed by atoms with van der Waals surface area (Å²) in [6, 6.07) is 20.0. The number of aromatic nitrogens is 4. The van der Waals surface area contributed by atoms with E-state index in [2.05, 4.69) is 44.3 Å². The highest BCUT2D eigenvalue weighted by Crippen LogP contribution is 2.16. The van der Waals surface area contributed by atoms with E-state index in [1.165, 1.54) is 0 Å². The molecule has 0 amide bonds. The Morgan fingerprint density at radius 2 is 1.79 bits per heavy atom. The summed E-state index contributed by atoms with van der Waals surface area (Å²) in [7, 11) is 2.05. The van der Waals surface area contributed by atoms with Gasteiger partial charge in [0.05, 0.1) is 11.9 Å². The maximum absolute atomic E-state index is 12.4. The van der Waals surface area contributed by atoms with Gasteiger partial charge in [0.1, 0.15) is 5.39 Å². The van der Waals surface area contributed by atoms with Gasteiger partial charge in [0.15, 0.2) is 5.65 Å². The van der Waals surface area contributed by atoms with Crippen LogP contribution in [-0.4, -0.2) is 39.4 Å². The lowest BCUT2D eigenvalue weighted by Gasteiger charge is -2.27. The summed E-state index contributed by atoms with van der Waals surface area (Å²) in [4.78, 5) is 22.0. The maximum atomic E-state index is 12.4. The van der Waals surface area contributed by atoms with Crippen molar-refractivity contribution in [2.45, 2.75) is 13.0 Å². The van der Waals surface area contributed by atoms with E-state index in [0.717, 1.165) is 11.4 Å². The number of rotatable bonds is 6. The molecular weight excluding hydrogens is 352 g/mol. The van der Waals surface area contributed by atoms with Crippen LogP contribution in [0.15, 0.2) is 71.7 Å². The zero-order valence-corrected chi connectivity index (χ0v) is 15.8. The summed E-state index contributed by atoms with van der Waals surface area (Å²) >= 11 is 0. The van der Waals surface area contributed by atoms with Crippen LogP contribution in [0.1, 0.15) is 6.92 Å². The molecule has 4 rings (SSSR count). The predicted molar refractivity (Wildman–Crippen MR) is 112 cm³/mol. The van der Waals surface area contributed by atoms with Crippen molar-refractivity contribution in [3.05, 3.63) is 77.2 Å². The molecule has 7 heteroatoms. The summed E-state index contributed by atoms with van der Waals surface area (Å²) in [5.41, 5.74) is 2.31. The smallest absolute Gasteiger partial charge is 0.263 e. The molecule has 2 heterocycles. The van der Waals surface area contributed by atoms with E-state index in [1.54, 1.807) is 10.9 Å². The largest absolute Gasteiger partial charge is 0.370 e. The highest BCUT2D eigenvalue weighted by Gasteiger charge is 2.13. The van der Waals surface area contributed by atoms with E-state index in [9.17, 15) is 4.79 Å². The predicted octanol–water partition coefficient (Wildman–Crippen LogP) is 3.05. The molecule has 1 atom stereocenters. The molecule has 0 fully saturated rings. The van der Waals surface area contributed by atoms with Crippen molar-refractivity contribution in [1.29, 1.82) is 0 Å². The lowest BCUT2D eigenvalue weighted by Crippen LogP contribution is -2.35. The lowest BCUT2D eigenvalue weighted by atomic mass is 10.2. The van der Waals surface area contributed by atoms with E-state index >= 15 is 0 Å². The molecule has 2 aromatic carbocycles. The van der Waals surface area contributed by atoms with Crippen molar-refractivity contribution in [1.82, 2.24) is 19.7 Å². The zero-order valence-electron chi connectivity index (χ0n) is 15.8. The number of aromatic amines is 1. The zero-order chi connectivity index (χ0) is 19.5. The highest BCUT2D eigenvalue weighted by atomic mass is 16.1. The Morgan fingerprint density at radius 3 is 2.50 bits per heavy atom. The van der Waals surface area contributed by atoms with Gasteiger partial charge in [-0.3, -0.25) is 9.78 Å². The minimum Gasteiger partial charge on any atom is -0.370 e. The molecule has 0 bridgehead atoms. The van der Waals surface area contributed by atoms with Crippen LogP contribution in [0.25, 0.3) is 16.7 Å². The minimum atomic E-state index is -0.209. The van der Waals surface area contributed by atoms with E-state index < -0.39 is 0 Å². The topological polar surface area (TPSA) is 78.8 Å². The molecule has 4 aromatic rings. The van der Waals surface area contributed by atoms with E-state index in [4.69, 9.17) is 0 Å². The molecule has 0 radical (unpaired) electrons. The number of likely N-dealkylation sites (N-methyl/N-ethyl adjacent to an activating group) is 1. The van der Waals surface area contributed by atoms with Crippen molar-refractivity contribution in [3.8, 4) is 5.69 Å². The van der Waals surface area contributed by atoms with Gasteiger partial charge in [0.2, 0.25) is 5.95 Å². The first kappa shape index (κ1) is 17.8. The van der Waals surface area contributed by atoms with Crippen LogP contribution in [0.4, 0.5) is 11.6 Å². The number of para-hydroxylation sites is 2. The van der Waals surface area contributed by atoms with Gasteiger partial charge in [-0.2, -0.15) is 10.1 Å². The molecule has 0 aliphatic heterocycles. The van der Waals surface area contributed by atoms with E-state index in [-0.39, 0.29) is 11.6 Å². The van der Waals surface area contributed by atoms with Gasteiger partial charge in [-0.15, -0.1) is 0 Å². The normalized spacial score (nSPS) is 12.1. The van der Waals surface area contributed by atoms with Crippen LogP contribution in [-0.2, 0) is 0 Å². The van der Waals surface area contributed by atoms with Crippen molar-refractivity contribution in [2.75, 3.05) is 23.8 Å². The third kappa shape index (κ3) is 3.46. The maximum Gasteiger partial charge on any atom is 0.263 e. The average molecular weight is 374 g/mol. The van der Waals surface area contributed by atoms with Crippen LogP contribution >= 0.6 is 0 Å². The monoisotopic (exact) mass is 374 g/mol. The fraction of sp³-hybridized carbons (Fsp3) is 0.190. The first-order valence-corrected chi connectivity index (χ1v) is 9.18. The molecule has 7 nitrogen and oxygen atoms in total. The summed E-state index contributed by atoms with van der Waals surface area (Å²) < 4.78 is 1.68. The second kappa shape index (κ2) is 7.56. The molecular formula is C21H22N6O. The first-order chi connectivity index (χ1) is 13.6. The molecule has 28 heavy (non-hydrogen) atoms. The van der Waals surface area contributed by atoms with Gasteiger partial charge < -0.3 is 10.2 Å². The second-order valence-electron chi connectivity index (χ2n) is 6.72. The molecule has 0 saturated carbocycles.